The van der Waals surface area contributed by atoms with Gasteiger partial charge in [0, 0.05) is 0 Å². The molecule has 0 bridgehead atoms. The molecule has 0 saturated heterocycles. The summed E-state index contributed by atoms with van der Waals surface area (Å²) in [6, 6.07) is 45.5. The molecule has 34 heavy (non-hydrogen) atoms. The zero-order valence-corrected chi connectivity index (χ0v) is 21.6. The molecule has 0 amide bonds. The molecule has 0 aromatic heterocycles. The van der Waals surface area contributed by atoms with Crippen LogP contribution in [0.5, 0.6) is 0 Å². The average molecular weight is 481 g/mol. The molecule has 2 atom stereocenters. The Balaban J connectivity index is 1.54. The van der Waals surface area contributed by atoms with Crippen molar-refractivity contribution in [1.29, 1.82) is 0 Å². The van der Waals surface area contributed by atoms with Crippen molar-refractivity contribution in [3.8, 4) is 0 Å². The molecule has 1 fully saturated rings. The quantitative estimate of drug-likeness (QED) is 0.253. The number of benzene rings is 4. The van der Waals surface area contributed by atoms with E-state index in [4.69, 9.17) is 0 Å². The van der Waals surface area contributed by atoms with E-state index >= 15 is 0 Å². The van der Waals surface area contributed by atoms with Gasteiger partial charge in [0.25, 0.3) is 0 Å². The topological polar surface area (TPSA) is 0 Å². The van der Waals surface area contributed by atoms with Gasteiger partial charge in [-0.05, 0) is 67.6 Å². The average Bonchev–Trinajstić information content (AvgIpc) is 2.89. The van der Waals surface area contributed by atoms with Gasteiger partial charge in [-0.1, -0.05) is 141 Å². The first-order valence-electron chi connectivity index (χ1n) is 12.7. The van der Waals surface area contributed by atoms with Crippen molar-refractivity contribution in [2.75, 3.05) is 0 Å². The molecule has 4 aromatic rings. The minimum absolute atomic E-state index is 0.377. The maximum atomic E-state index is 2.38. The predicted molar refractivity (Wildman–Crippen MR) is 153 cm³/mol. The molecule has 0 aliphatic heterocycles. The standard InChI is InChI=1S/C32H34P2/c1-6-16-27(17-7-1)33(28-18-8-2-9-19-28)31-24-14-5-15-25-32(26-31)34(29-20-10-3-11-21-29)30-22-12-4-13-23-30/h1-4,6-13,16-23,31-32H,5,14-15,24-26H2. The second-order valence-corrected chi connectivity index (χ2v) is 14.3. The van der Waals surface area contributed by atoms with Gasteiger partial charge < -0.3 is 0 Å². The van der Waals surface area contributed by atoms with E-state index < -0.39 is 0 Å². The van der Waals surface area contributed by atoms with Crippen molar-refractivity contribution in [3.63, 3.8) is 0 Å². The van der Waals surface area contributed by atoms with Crippen LogP contribution in [0.3, 0.4) is 0 Å². The van der Waals surface area contributed by atoms with Gasteiger partial charge in [0.15, 0.2) is 0 Å². The zero-order chi connectivity index (χ0) is 23.0. The first-order valence-corrected chi connectivity index (χ1v) is 15.5. The lowest BCUT2D eigenvalue weighted by molar-refractivity contribution is 0.517. The van der Waals surface area contributed by atoms with Crippen LogP contribution in [0.1, 0.15) is 38.5 Å². The molecule has 2 unspecified atom stereocenters. The number of hydrogen-bond acceptors (Lipinski definition) is 0. The molecule has 172 valence electrons. The van der Waals surface area contributed by atoms with Gasteiger partial charge in [-0.15, -0.1) is 0 Å². The van der Waals surface area contributed by atoms with Crippen molar-refractivity contribution in [2.45, 2.75) is 49.8 Å². The van der Waals surface area contributed by atoms with Crippen molar-refractivity contribution in [1.82, 2.24) is 0 Å². The Morgan fingerprint density at radius 3 is 0.971 bits per heavy atom. The Labute approximate surface area is 208 Å². The van der Waals surface area contributed by atoms with Crippen LogP contribution in [0.4, 0.5) is 0 Å². The van der Waals surface area contributed by atoms with Crippen molar-refractivity contribution >= 4 is 37.1 Å². The highest BCUT2D eigenvalue weighted by Crippen LogP contribution is 2.51. The number of hydrogen-bond donors (Lipinski definition) is 0. The molecule has 0 heterocycles. The summed E-state index contributed by atoms with van der Waals surface area (Å²) in [5, 5.41) is 6.15. The molecular weight excluding hydrogens is 446 g/mol. The molecular formula is C32H34P2. The van der Waals surface area contributed by atoms with Crippen LogP contribution in [0.25, 0.3) is 0 Å². The maximum Gasteiger partial charge on any atom is -0.0123 e. The minimum atomic E-state index is -0.377. The van der Waals surface area contributed by atoms with Gasteiger partial charge in [-0.3, -0.25) is 0 Å². The fourth-order valence-electron chi connectivity index (χ4n) is 5.45. The maximum absolute atomic E-state index is 2.38. The Morgan fingerprint density at radius 1 is 0.382 bits per heavy atom. The van der Waals surface area contributed by atoms with Gasteiger partial charge in [-0.25, -0.2) is 0 Å². The summed E-state index contributed by atoms with van der Waals surface area (Å²) in [4.78, 5) is 0. The highest BCUT2D eigenvalue weighted by Gasteiger charge is 2.32. The van der Waals surface area contributed by atoms with Crippen LogP contribution in [0.15, 0.2) is 121 Å². The zero-order valence-electron chi connectivity index (χ0n) is 19.8. The molecule has 0 radical (unpaired) electrons. The Hall–Kier alpha value is -2.26. The highest BCUT2D eigenvalue weighted by atomic mass is 31.1. The summed E-state index contributed by atoms with van der Waals surface area (Å²) in [6.45, 7) is 0. The monoisotopic (exact) mass is 480 g/mol. The fourth-order valence-corrected chi connectivity index (χ4v) is 11.7. The van der Waals surface area contributed by atoms with E-state index in [0.29, 0.717) is 0 Å². The molecule has 1 aliphatic carbocycles. The van der Waals surface area contributed by atoms with Crippen LogP contribution in [-0.2, 0) is 0 Å². The predicted octanol–water partition coefficient (Wildman–Crippen LogP) is 7.34. The third-order valence-electron chi connectivity index (χ3n) is 6.99. The molecule has 4 aromatic carbocycles. The van der Waals surface area contributed by atoms with Crippen LogP contribution < -0.4 is 21.2 Å². The Bertz CT molecular complexity index is 943. The van der Waals surface area contributed by atoms with Crippen molar-refractivity contribution in [3.05, 3.63) is 121 Å². The summed E-state index contributed by atoms with van der Waals surface area (Å²) < 4.78 is 0. The largest absolute Gasteiger partial charge is 0.0622 e. The summed E-state index contributed by atoms with van der Waals surface area (Å²) >= 11 is 0. The molecule has 0 nitrogen and oxygen atoms in total. The van der Waals surface area contributed by atoms with Crippen molar-refractivity contribution in [2.24, 2.45) is 0 Å². The second-order valence-electron chi connectivity index (χ2n) is 9.26. The van der Waals surface area contributed by atoms with E-state index in [1.165, 1.54) is 59.7 Å². The SMILES string of the molecule is c1ccc(P(c2ccccc2)C2CCCCCC(P(c3ccccc3)c3ccccc3)C2)cc1. The number of rotatable bonds is 6. The van der Waals surface area contributed by atoms with E-state index in [1.54, 1.807) is 0 Å². The molecule has 2 heteroatoms. The second kappa shape index (κ2) is 11.9. The van der Waals surface area contributed by atoms with Gasteiger partial charge in [-0.2, -0.15) is 0 Å². The fraction of sp³-hybridized carbons (Fsp3) is 0.250. The van der Waals surface area contributed by atoms with E-state index in [2.05, 4.69) is 121 Å². The highest BCUT2D eigenvalue weighted by molar-refractivity contribution is 7.74. The first kappa shape index (κ1) is 23.5. The van der Waals surface area contributed by atoms with Crippen LogP contribution in [-0.4, -0.2) is 11.3 Å². The Kier molecular flexibility index (Phi) is 8.24. The summed E-state index contributed by atoms with van der Waals surface area (Å²) in [5.74, 6) is 0. The molecule has 0 N–H and O–H groups in total. The summed E-state index contributed by atoms with van der Waals surface area (Å²) in [5.41, 5.74) is 1.45. The van der Waals surface area contributed by atoms with E-state index in [-0.39, 0.29) is 15.8 Å². The lowest BCUT2D eigenvalue weighted by atomic mass is 10.00. The Morgan fingerprint density at radius 2 is 0.676 bits per heavy atom. The minimum Gasteiger partial charge on any atom is -0.0622 e. The van der Waals surface area contributed by atoms with Gasteiger partial charge >= 0.3 is 0 Å². The molecule has 1 aliphatic rings. The van der Waals surface area contributed by atoms with Crippen molar-refractivity contribution < 1.29 is 0 Å². The lowest BCUT2D eigenvalue weighted by Crippen LogP contribution is -2.30. The normalized spacial score (nSPS) is 19.0. The van der Waals surface area contributed by atoms with Gasteiger partial charge in [0.05, 0.1) is 0 Å². The third-order valence-corrected chi connectivity index (χ3v) is 12.8. The molecule has 0 spiro atoms. The van der Waals surface area contributed by atoms with Gasteiger partial charge in [0.1, 0.15) is 0 Å². The smallest absolute Gasteiger partial charge is 0.0123 e. The van der Waals surface area contributed by atoms with Crippen LogP contribution >= 0.6 is 15.8 Å². The van der Waals surface area contributed by atoms with Gasteiger partial charge in [0.2, 0.25) is 0 Å². The third kappa shape index (κ3) is 5.68. The molecule has 5 rings (SSSR count). The molecule has 1 saturated carbocycles. The first-order chi connectivity index (χ1) is 16.9. The lowest BCUT2D eigenvalue weighted by Gasteiger charge is -2.37. The van der Waals surface area contributed by atoms with Crippen LogP contribution in [0, 0.1) is 0 Å². The van der Waals surface area contributed by atoms with E-state index in [1.807, 2.05) is 0 Å². The summed E-state index contributed by atoms with van der Waals surface area (Å²) in [7, 11) is -0.753. The summed E-state index contributed by atoms with van der Waals surface area (Å²) in [6.07, 6.45) is 8.12. The van der Waals surface area contributed by atoms with Crippen LogP contribution in [0.2, 0.25) is 0 Å². The van der Waals surface area contributed by atoms with E-state index in [0.717, 1.165) is 11.3 Å². The van der Waals surface area contributed by atoms with E-state index in [9.17, 15) is 0 Å².